The zero-order valence-corrected chi connectivity index (χ0v) is 54.9. The van der Waals surface area contributed by atoms with Crippen molar-refractivity contribution in [2.24, 2.45) is 0 Å². The van der Waals surface area contributed by atoms with E-state index in [2.05, 4.69) is 264 Å². The van der Waals surface area contributed by atoms with E-state index in [1.54, 1.807) is 48.5 Å². The molecule has 2 aliphatic carbocycles. The first kappa shape index (κ1) is 64.8. The molecule has 0 radical (unpaired) electrons. The molecular weight excluding hydrogens is 1220 g/mol. The molecule has 0 amide bonds. The maximum absolute atomic E-state index is 11.2. The Bertz CT molecular complexity index is 3300. The van der Waals surface area contributed by atoms with E-state index >= 15 is 0 Å². The molecule has 0 spiro atoms. The number of nitrogens with zero attached hydrogens (tertiary/aromatic N) is 4. The molecule has 0 atom stereocenters. The van der Waals surface area contributed by atoms with Crippen LogP contribution in [-0.2, 0) is 37.5 Å². The second kappa shape index (κ2) is 28.4. The van der Waals surface area contributed by atoms with E-state index in [-0.39, 0.29) is 23.1 Å². The van der Waals surface area contributed by atoms with Crippen LogP contribution in [0.2, 0.25) is 0 Å². The van der Waals surface area contributed by atoms with Gasteiger partial charge in [0.15, 0.2) is 23.1 Å². The molecule has 0 bridgehead atoms. The third-order valence-corrected chi connectivity index (χ3v) is 17.0. The van der Waals surface area contributed by atoms with Crippen molar-refractivity contribution < 1.29 is 56.7 Å². The van der Waals surface area contributed by atoms with Crippen molar-refractivity contribution in [3.05, 3.63) is 245 Å². The predicted molar refractivity (Wildman–Crippen MR) is 338 cm³/mol. The third-order valence-electron chi connectivity index (χ3n) is 15.5. The molecule has 10 rings (SSSR count). The molecule has 444 valence electrons. The van der Waals surface area contributed by atoms with Crippen LogP contribution in [0.15, 0.2) is 170 Å². The first-order valence-electron chi connectivity index (χ1n) is 29.6. The van der Waals surface area contributed by atoms with Gasteiger partial charge in [-0.05, 0) is 24.3 Å². The summed E-state index contributed by atoms with van der Waals surface area (Å²) in [6.45, 7) is 36.5. The van der Waals surface area contributed by atoms with Crippen molar-refractivity contribution in [2.75, 3.05) is 0 Å². The predicted octanol–water partition coefficient (Wildman–Crippen LogP) is 18.9. The van der Waals surface area contributed by atoms with Crippen LogP contribution in [-0.4, -0.2) is 41.4 Å². The number of hydrogen-bond donors (Lipinski definition) is 0. The van der Waals surface area contributed by atoms with E-state index in [1.165, 1.54) is 91.6 Å². The molecule has 0 saturated heterocycles. The average Bonchev–Trinajstić information content (AvgIpc) is 3.02. The number of fused-ring (bicyclic) bond motifs is 2. The SMILES string of the molecule is CC(C)c1cccc(C(C)C)c1-n1ccn(-c2c(C(C)C)cccc2C(C)C)[c]1=[Pd].CC(C)c1cccc(C(C)C)c1-n1ccn(-c2c(C(C)C)cccc2C(C)C)[c]1=[Pd].O=C1C=CC(=O)c2ccccc21.O=C1C=CC(=O)c2ccccc21. The smallest absolute Gasteiger partial charge is 0.186 e. The van der Waals surface area contributed by atoms with Gasteiger partial charge in [-0.2, -0.15) is 0 Å². The van der Waals surface area contributed by atoms with Crippen LogP contribution in [0.1, 0.15) is 244 Å². The fourth-order valence-corrected chi connectivity index (χ4v) is 12.2. The third kappa shape index (κ3) is 14.1. The Kier molecular flexibility index (Phi) is 21.9. The zero-order valence-electron chi connectivity index (χ0n) is 51.8. The minimum Gasteiger partial charge on any atom is -0.289 e. The van der Waals surface area contributed by atoms with Crippen molar-refractivity contribution in [1.82, 2.24) is 18.3 Å². The topological polar surface area (TPSA) is 88.0 Å². The Balaban J connectivity index is 0.000000174. The molecule has 2 aromatic heterocycles. The summed E-state index contributed by atoms with van der Waals surface area (Å²) in [5.74, 6) is 3.30. The molecule has 0 aliphatic heterocycles. The van der Waals surface area contributed by atoms with E-state index in [4.69, 9.17) is 0 Å². The minimum atomic E-state index is -0.0924. The molecule has 0 saturated carbocycles. The van der Waals surface area contributed by atoms with Crippen LogP contribution >= 0.6 is 0 Å². The number of aromatic nitrogens is 4. The van der Waals surface area contributed by atoms with Gasteiger partial charge in [0.1, 0.15) is 0 Å². The summed E-state index contributed by atoms with van der Waals surface area (Å²) in [5.41, 5.74) is 18.4. The number of carbonyl (C=O) groups excluding carboxylic acids is 4. The van der Waals surface area contributed by atoms with Gasteiger partial charge < -0.3 is 0 Å². The molecule has 0 fully saturated rings. The molecule has 10 heteroatoms. The Morgan fingerprint density at radius 3 is 0.548 bits per heavy atom. The van der Waals surface area contributed by atoms with E-state index in [0.717, 1.165) is 7.78 Å². The van der Waals surface area contributed by atoms with Gasteiger partial charge in [-0.15, -0.1) is 0 Å². The summed E-state index contributed by atoms with van der Waals surface area (Å²) in [7, 11) is 0. The Morgan fingerprint density at radius 2 is 0.405 bits per heavy atom. The molecular formula is C74H84N4O4Pd2. The van der Waals surface area contributed by atoms with Crippen molar-refractivity contribution in [1.29, 1.82) is 0 Å². The minimum absolute atomic E-state index is 0.0924. The fourth-order valence-electron chi connectivity index (χ4n) is 11.0. The van der Waals surface area contributed by atoms with Crippen LogP contribution in [0.4, 0.5) is 0 Å². The van der Waals surface area contributed by atoms with E-state index < -0.39 is 0 Å². The van der Waals surface area contributed by atoms with Crippen LogP contribution in [0, 0.1) is 7.78 Å². The molecule has 2 aliphatic rings. The summed E-state index contributed by atoms with van der Waals surface area (Å²) in [4.78, 5) is 44.8. The second-order valence-electron chi connectivity index (χ2n) is 24.2. The molecule has 0 unspecified atom stereocenters. The van der Waals surface area contributed by atoms with E-state index in [0.29, 0.717) is 69.6 Å². The standard InChI is InChI=1S/2C27H36N2.2C10H6O2.2Pd/c2*1-18(2)22-11-9-12-23(19(3)4)26(22)28-15-16-29(17-28)27-24(20(5)6)13-10-14-25(27)21(7)8;2*11-9-5-6-10(12)8-4-2-1-3-7(8)9;;/h2*9-16,18-21H,1-8H3;2*1-6H;;. The number of imidazole rings is 2. The number of hydrogen-bond acceptors (Lipinski definition) is 4. The van der Waals surface area contributed by atoms with Crippen LogP contribution < -0.4 is 0 Å². The largest absolute Gasteiger partial charge is 0.289 e. The van der Waals surface area contributed by atoms with Gasteiger partial charge in [0.05, 0.1) is 0 Å². The molecule has 0 N–H and O–H groups in total. The van der Waals surface area contributed by atoms with Gasteiger partial charge in [0, 0.05) is 22.3 Å². The quantitative estimate of drug-likeness (QED) is 0.114. The molecule has 6 aromatic carbocycles. The maximum Gasteiger partial charge on any atom is 0.186 e. The van der Waals surface area contributed by atoms with Gasteiger partial charge >= 0.3 is 387 Å². The van der Waals surface area contributed by atoms with Crippen molar-refractivity contribution >= 4 is 23.1 Å². The summed E-state index contributed by atoms with van der Waals surface area (Å²) < 4.78 is 11.6. The summed E-state index contributed by atoms with van der Waals surface area (Å²) in [5, 5.41) is 0. The van der Waals surface area contributed by atoms with Crippen molar-refractivity contribution in [3.8, 4) is 22.7 Å². The van der Waals surface area contributed by atoms with E-state index in [1.807, 2.05) is 0 Å². The Labute approximate surface area is 520 Å². The Hall–Kier alpha value is -6.78. The fraction of sp³-hybridized carbons (Fsp3) is 0.324. The second-order valence-corrected chi connectivity index (χ2v) is 25.5. The normalized spacial score (nSPS) is 12.8. The Morgan fingerprint density at radius 1 is 0.250 bits per heavy atom. The molecule has 2 heterocycles. The molecule has 8 aromatic rings. The average molecular weight is 1310 g/mol. The number of allylic oxidation sites excluding steroid dienone is 4. The van der Waals surface area contributed by atoms with Gasteiger partial charge in [0.25, 0.3) is 0 Å². The number of rotatable bonds is 12. The van der Waals surface area contributed by atoms with Gasteiger partial charge in [-0.1, -0.05) is 48.5 Å². The number of ketones is 4. The van der Waals surface area contributed by atoms with Crippen LogP contribution in [0.3, 0.4) is 0 Å². The van der Waals surface area contributed by atoms with Gasteiger partial charge in [-0.3, -0.25) is 19.2 Å². The van der Waals surface area contributed by atoms with Crippen molar-refractivity contribution in [2.45, 2.75) is 158 Å². The first-order chi connectivity index (χ1) is 39.9. The number of para-hydroxylation sites is 4. The van der Waals surface area contributed by atoms with Crippen LogP contribution in [0.5, 0.6) is 0 Å². The molecule has 84 heavy (non-hydrogen) atoms. The van der Waals surface area contributed by atoms with Gasteiger partial charge in [0.2, 0.25) is 0 Å². The summed E-state index contributed by atoms with van der Waals surface area (Å²) >= 11 is 7.28. The number of carbonyl (C=O) groups is 4. The summed E-state index contributed by atoms with van der Waals surface area (Å²) in [6.07, 6.45) is 14.1. The zero-order chi connectivity index (χ0) is 61.4. The van der Waals surface area contributed by atoms with Crippen LogP contribution in [0.25, 0.3) is 22.7 Å². The van der Waals surface area contributed by atoms with Gasteiger partial charge in [-0.25, -0.2) is 0 Å². The molecule has 8 nitrogen and oxygen atoms in total. The van der Waals surface area contributed by atoms with E-state index in [9.17, 15) is 19.2 Å². The van der Waals surface area contributed by atoms with Crippen molar-refractivity contribution in [3.63, 3.8) is 0 Å². The number of benzene rings is 6. The summed E-state index contributed by atoms with van der Waals surface area (Å²) in [6, 6.07) is 40.7. The monoisotopic (exact) mass is 1300 g/mol. The maximum atomic E-state index is 11.2. The first-order valence-corrected chi connectivity index (χ1v) is 31.2.